The first-order chi connectivity index (χ1) is 5.70. The highest BCUT2D eigenvalue weighted by Gasteiger charge is 2.11. The zero-order chi connectivity index (χ0) is 9.40. The first kappa shape index (κ1) is 11.8. The van der Waals surface area contributed by atoms with Gasteiger partial charge in [0.05, 0.1) is 0 Å². The zero-order valence-electron chi connectivity index (χ0n) is 7.56. The van der Waals surface area contributed by atoms with Crippen molar-refractivity contribution in [1.29, 1.82) is 0 Å². The predicted octanol–water partition coefficient (Wildman–Crippen LogP) is 3.13. The summed E-state index contributed by atoms with van der Waals surface area (Å²) in [6.07, 6.45) is -1.25. The van der Waals surface area contributed by atoms with Crippen LogP contribution in [-0.2, 0) is 9.78 Å². The molecule has 0 saturated heterocycles. The van der Waals surface area contributed by atoms with Crippen LogP contribution in [0, 0.1) is 0 Å². The lowest BCUT2D eigenvalue weighted by Crippen LogP contribution is -2.12. The Hall–Kier alpha value is -0.220. The van der Waals surface area contributed by atoms with Crippen molar-refractivity contribution in [2.24, 2.45) is 0 Å². The minimum absolute atomic E-state index is 0.235. The van der Waals surface area contributed by atoms with Gasteiger partial charge in [-0.05, 0) is 0 Å². The molecule has 0 aliphatic rings. The maximum absolute atomic E-state index is 12.5. The Morgan fingerprint density at radius 3 is 1.50 bits per heavy atom. The van der Waals surface area contributed by atoms with Crippen molar-refractivity contribution in [3.8, 4) is 0 Å². The van der Waals surface area contributed by atoms with Crippen LogP contribution in [0.1, 0.15) is 39.5 Å². The molecule has 0 aliphatic carbocycles. The second kappa shape index (κ2) is 7.43. The van der Waals surface area contributed by atoms with Crippen molar-refractivity contribution in [3.05, 3.63) is 0 Å². The largest absolute Gasteiger partial charge is 0.231 e. The normalized spacial score (nSPS) is 16.0. The number of hydrogen-bond donors (Lipinski definition) is 0. The summed E-state index contributed by atoms with van der Waals surface area (Å²) < 4.78 is 25.0. The molecule has 0 spiro atoms. The van der Waals surface area contributed by atoms with Crippen LogP contribution in [0.4, 0.5) is 8.78 Å². The maximum Gasteiger partial charge on any atom is 0.231 e. The Kier molecular flexibility index (Phi) is 7.29. The van der Waals surface area contributed by atoms with Gasteiger partial charge in [0, 0.05) is 12.8 Å². The van der Waals surface area contributed by atoms with Gasteiger partial charge >= 0.3 is 0 Å². The molecule has 4 heteroatoms. The number of alkyl halides is 2. The van der Waals surface area contributed by atoms with Gasteiger partial charge in [-0.15, -0.1) is 0 Å². The summed E-state index contributed by atoms with van der Waals surface area (Å²) in [5, 5.41) is 0. The molecule has 0 saturated carbocycles. The quantitative estimate of drug-likeness (QED) is 0.445. The van der Waals surface area contributed by atoms with Crippen molar-refractivity contribution in [2.75, 3.05) is 0 Å². The third-order valence-corrected chi connectivity index (χ3v) is 1.30. The Morgan fingerprint density at radius 2 is 1.25 bits per heavy atom. The second-order valence-electron chi connectivity index (χ2n) is 2.59. The van der Waals surface area contributed by atoms with Crippen molar-refractivity contribution >= 4 is 0 Å². The van der Waals surface area contributed by atoms with E-state index in [1.54, 1.807) is 0 Å². The van der Waals surface area contributed by atoms with E-state index in [1.807, 2.05) is 13.8 Å². The maximum atomic E-state index is 12.5. The van der Waals surface area contributed by atoms with Crippen LogP contribution in [0.2, 0.25) is 0 Å². The van der Waals surface area contributed by atoms with Crippen LogP contribution in [0.3, 0.4) is 0 Å². The minimum Gasteiger partial charge on any atom is -0.213 e. The summed E-state index contributed by atoms with van der Waals surface area (Å²) in [4.78, 5) is 8.31. The van der Waals surface area contributed by atoms with Crippen LogP contribution in [0.5, 0.6) is 0 Å². The molecular weight excluding hydrogens is 166 g/mol. The van der Waals surface area contributed by atoms with E-state index in [4.69, 9.17) is 0 Å². The molecule has 0 aromatic heterocycles. The van der Waals surface area contributed by atoms with Gasteiger partial charge in [-0.3, -0.25) is 0 Å². The molecule has 0 N–H and O–H groups in total. The van der Waals surface area contributed by atoms with E-state index >= 15 is 0 Å². The first-order valence-corrected chi connectivity index (χ1v) is 4.31. The molecule has 74 valence electrons. The van der Waals surface area contributed by atoms with Crippen LogP contribution in [0.15, 0.2) is 0 Å². The van der Waals surface area contributed by atoms with Gasteiger partial charge in [0.15, 0.2) is 0 Å². The number of hydrogen-bond acceptors (Lipinski definition) is 2. The van der Waals surface area contributed by atoms with Gasteiger partial charge in [-0.1, -0.05) is 26.7 Å². The highest BCUT2D eigenvalue weighted by molar-refractivity contribution is 4.38. The smallest absolute Gasteiger partial charge is 0.213 e. The Balaban J connectivity index is 3.27. The van der Waals surface area contributed by atoms with Crippen molar-refractivity contribution < 1.29 is 18.6 Å². The first-order valence-electron chi connectivity index (χ1n) is 4.31. The Bertz CT molecular complexity index is 89.1. The van der Waals surface area contributed by atoms with Gasteiger partial charge in [-0.2, -0.15) is 9.78 Å². The molecule has 12 heavy (non-hydrogen) atoms. The number of halogens is 2. The van der Waals surface area contributed by atoms with E-state index in [-0.39, 0.29) is 12.8 Å². The minimum atomic E-state index is -1.51. The summed E-state index contributed by atoms with van der Waals surface area (Å²) in [6, 6.07) is 0. The fourth-order valence-corrected chi connectivity index (χ4v) is 0.671. The zero-order valence-corrected chi connectivity index (χ0v) is 7.56. The van der Waals surface area contributed by atoms with Crippen molar-refractivity contribution in [2.45, 2.75) is 52.2 Å². The van der Waals surface area contributed by atoms with E-state index < -0.39 is 12.7 Å². The Labute approximate surface area is 71.8 Å². The molecule has 2 nitrogen and oxygen atoms in total. The molecule has 0 aromatic rings. The predicted molar refractivity (Wildman–Crippen MR) is 41.8 cm³/mol. The molecular formula is C8H16F2O2. The van der Waals surface area contributed by atoms with Crippen molar-refractivity contribution in [3.63, 3.8) is 0 Å². The van der Waals surface area contributed by atoms with E-state index in [1.165, 1.54) is 0 Å². The third kappa shape index (κ3) is 6.49. The van der Waals surface area contributed by atoms with Gasteiger partial charge < -0.3 is 0 Å². The molecule has 2 atom stereocenters. The molecule has 0 heterocycles. The molecule has 0 radical (unpaired) electrons. The third-order valence-electron chi connectivity index (χ3n) is 1.30. The summed E-state index contributed by atoms with van der Waals surface area (Å²) in [5.41, 5.74) is 0. The van der Waals surface area contributed by atoms with Crippen LogP contribution >= 0.6 is 0 Å². The molecule has 0 aromatic carbocycles. The van der Waals surface area contributed by atoms with Crippen LogP contribution in [0.25, 0.3) is 0 Å². The average Bonchev–Trinajstić information content (AvgIpc) is 2.02. The standard InChI is InChI=1S/C8H16F2O2/c1-3-5-7(9)11-12-8(10)6-4-2/h7-8H,3-6H2,1-2H3. The average molecular weight is 182 g/mol. The molecule has 0 bridgehead atoms. The van der Waals surface area contributed by atoms with E-state index in [0.29, 0.717) is 12.8 Å². The van der Waals surface area contributed by atoms with Gasteiger partial charge in [-0.25, -0.2) is 8.78 Å². The van der Waals surface area contributed by atoms with Gasteiger partial charge in [0.1, 0.15) is 0 Å². The monoisotopic (exact) mass is 182 g/mol. The lowest BCUT2D eigenvalue weighted by Gasteiger charge is -2.10. The van der Waals surface area contributed by atoms with Crippen LogP contribution in [-0.4, -0.2) is 12.7 Å². The lowest BCUT2D eigenvalue weighted by atomic mass is 10.3. The van der Waals surface area contributed by atoms with E-state index in [0.717, 1.165) is 0 Å². The molecule has 0 amide bonds. The van der Waals surface area contributed by atoms with Crippen molar-refractivity contribution in [1.82, 2.24) is 0 Å². The molecule has 0 rings (SSSR count). The fraction of sp³-hybridized carbons (Fsp3) is 1.00. The fourth-order valence-electron chi connectivity index (χ4n) is 0.671. The van der Waals surface area contributed by atoms with Gasteiger partial charge in [0.25, 0.3) is 0 Å². The van der Waals surface area contributed by atoms with Gasteiger partial charge in [0.2, 0.25) is 12.7 Å². The number of rotatable bonds is 7. The summed E-state index contributed by atoms with van der Waals surface area (Å²) in [5.74, 6) is 0. The van der Waals surface area contributed by atoms with E-state index in [9.17, 15) is 8.78 Å². The summed E-state index contributed by atoms with van der Waals surface area (Å²) in [7, 11) is 0. The van der Waals surface area contributed by atoms with E-state index in [2.05, 4.69) is 9.78 Å². The molecule has 2 unspecified atom stereocenters. The molecule has 0 aliphatic heterocycles. The van der Waals surface area contributed by atoms with Crippen LogP contribution < -0.4 is 0 Å². The topological polar surface area (TPSA) is 18.5 Å². The SMILES string of the molecule is CCCC(F)OOC(F)CCC. The highest BCUT2D eigenvalue weighted by Crippen LogP contribution is 2.09. The Morgan fingerprint density at radius 1 is 0.917 bits per heavy atom. The molecule has 0 fully saturated rings. The summed E-state index contributed by atoms with van der Waals surface area (Å²) >= 11 is 0. The highest BCUT2D eigenvalue weighted by atomic mass is 19.2. The summed E-state index contributed by atoms with van der Waals surface area (Å²) in [6.45, 7) is 3.63. The second-order valence-corrected chi connectivity index (χ2v) is 2.59. The lowest BCUT2D eigenvalue weighted by molar-refractivity contribution is -0.398.